The Bertz CT molecular complexity index is 1460. The molecule has 176 valence electrons. The number of rotatable bonds is 5. The molecule has 1 unspecified atom stereocenters. The number of hydrogen-bond donors (Lipinski definition) is 3. The van der Waals surface area contributed by atoms with Gasteiger partial charge in [-0.25, -0.2) is 4.79 Å². The molecular formula is C27H23ClN4O3. The standard InChI is InChI=1S/C27H23ClN4O3/c28-20-11-19-13-22(35-25(19)23(14-20)16-4-5-24-17(10-16)6-7-29-24)15-31-26(33)18-2-1-3-21(12-18)32-9-8-30-27(32)34/h1-7,10-12,14,22,29H,8-9,13,15H2,(H,30,34)(H,31,33). The molecular weight excluding hydrogens is 464 g/mol. The predicted molar refractivity (Wildman–Crippen MR) is 136 cm³/mol. The highest BCUT2D eigenvalue weighted by molar-refractivity contribution is 6.31. The summed E-state index contributed by atoms with van der Waals surface area (Å²) in [7, 11) is 0. The van der Waals surface area contributed by atoms with Crippen LogP contribution in [0.15, 0.2) is 66.9 Å². The summed E-state index contributed by atoms with van der Waals surface area (Å²) in [5.74, 6) is 0.604. The van der Waals surface area contributed by atoms with Crippen molar-refractivity contribution in [3.8, 4) is 16.9 Å². The van der Waals surface area contributed by atoms with E-state index in [0.29, 0.717) is 42.3 Å². The third-order valence-electron chi connectivity index (χ3n) is 6.49. The molecule has 0 aliphatic carbocycles. The maximum Gasteiger partial charge on any atom is 0.321 e. The summed E-state index contributed by atoms with van der Waals surface area (Å²) in [6, 6.07) is 19.0. The van der Waals surface area contributed by atoms with Gasteiger partial charge in [0.25, 0.3) is 5.91 Å². The minimum Gasteiger partial charge on any atom is -0.487 e. The summed E-state index contributed by atoms with van der Waals surface area (Å²) in [5, 5.41) is 7.53. The Balaban J connectivity index is 1.17. The highest BCUT2D eigenvalue weighted by atomic mass is 35.5. The second kappa shape index (κ2) is 8.67. The number of nitrogens with zero attached hydrogens (tertiary/aromatic N) is 1. The monoisotopic (exact) mass is 486 g/mol. The van der Waals surface area contributed by atoms with Crippen LogP contribution in [0.1, 0.15) is 15.9 Å². The van der Waals surface area contributed by atoms with Gasteiger partial charge in [-0.15, -0.1) is 0 Å². The first kappa shape index (κ1) is 21.6. The average molecular weight is 487 g/mol. The van der Waals surface area contributed by atoms with Gasteiger partial charge in [0, 0.05) is 58.6 Å². The number of halogens is 1. The summed E-state index contributed by atoms with van der Waals surface area (Å²) in [6.07, 6.45) is 2.38. The SMILES string of the molecule is O=C(NCC1Cc2cc(Cl)cc(-c3ccc4[nH]ccc4c3)c2O1)c1cccc(N2CCNC2=O)c1. The van der Waals surface area contributed by atoms with Crippen molar-refractivity contribution < 1.29 is 14.3 Å². The van der Waals surface area contributed by atoms with E-state index in [1.807, 2.05) is 36.5 Å². The summed E-state index contributed by atoms with van der Waals surface area (Å²) < 4.78 is 6.30. The van der Waals surface area contributed by atoms with Gasteiger partial charge in [0.15, 0.2) is 0 Å². The average Bonchev–Trinajstić information content (AvgIpc) is 3.60. The van der Waals surface area contributed by atoms with Crippen LogP contribution in [0.2, 0.25) is 5.02 Å². The quantitative estimate of drug-likeness (QED) is 0.380. The fraction of sp³-hybridized carbons (Fsp3) is 0.185. The molecule has 3 N–H and O–H groups in total. The summed E-state index contributed by atoms with van der Waals surface area (Å²) in [6.45, 7) is 1.54. The number of anilines is 1. The summed E-state index contributed by atoms with van der Waals surface area (Å²) in [5.41, 5.74) is 5.28. The number of nitrogens with one attached hydrogen (secondary N) is 3. The Kier molecular flexibility index (Phi) is 5.34. The van der Waals surface area contributed by atoms with Crippen LogP contribution in [0.5, 0.6) is 5.75 Å². The number of amides is 3. The third-order valence-corrected chi connectivity index (χ3v) is 6.71. The molecule has 3 aromatic carbocycles. The number of fused-ring (bicyclic) bond motifs is 2. The number of aromatic amines is 1. The Morgan fingerprint density at radius 1 is 1.14 bits per heavy atom. The zero-order chi connectivity index (χ0) is 23.9. The van der Waals surface area contributed by atoms with Gasteiger partial charge in [0.2, 0.25) is 0 Å². The fourth-order valence-electron chi connectivity index (χ4n) is 4.79. The molecule has 2 aliphatic heterocycles. The van der Waals surface area contributed by atoms with Crippen molar-refractivity contribution in [2.75, 3.05) is 24.5 Å². The van der Waals surface area contributed by atoms with Gasteiger partial charge in [-0.3, -0.25) is 9.69 Å². The normalized spacial score (nSPS) is 16.8. The second-order valence-corrected chi connectivity index (χ2v) is 9.25. The number of aromatic nitrogens is 1. The summed E-state index contributed by atoms with van der Waals surface area (Å²) in [4.78, 5) is 29.6. The van der Waals surface area contributed by atoms with E-state index in [9.17, 15) is 9.59 Å². The molecule has 0 radical (unpaired) electrons. The topological polar surface area (TPSA) is 86.5 Å². The van der Waals surface area contributed by atoms with E-state index < -0.39 is 0 Å². The summed E-state index contributed by atoms with van der Waals surface area (Å²) >= 11 is 6.45. The fourth-order valence-corrected chi connectivity index (χ4v) is 5.03. The number of urea groups is 1. The highest BCUT2D eigenvalue weighted by Gasteiger charge is 2.28. The lowest BCUT2D eigenvalue weighted by Crippen LogP contribution is -2.34. The largest absolute Gasteiger partial charge is 0.487 e. The second-order valence-electron chi connectivity index (χ2n) is 8.81. The minimum atomic E-state index is -0.206. The van der Waals surface area contributed by atoms with Crippen molar-refractivity contribution in [2.45, 2.75) is 12.5 Å². The van der Waals surface area contributed by atoms with Crippen molar-refractivity contribution in [3.05, 3.63) is 83.0 Å². The smallest absolute Gasteiger partial charge is 0.321 e. The van der Waals surface area contributed by atoms with Crippen LogP contribution in [-0.2, 0) is 6.42 Å². The molecule has 0 spiro atoms. The Labute approximate surface area is 207 Å². The molecule has 2 aliphatic rings. The maximum absolute atomic E-state index is 12.9. The van der Waals surface area contributed by atoms with Gasteiger partial charge >= 0.3 is 6.03 Å². The van der Waals surface area contributed by atoms with E-state index in [-0.39, 0.29) is 18.0 Å². The molecule has 8 heteroatoms. The van der Waals surface area contributed by atoms with Crippen molar-refractivity contribution in [1.29, 1.82) is 0 Å². The van der Waals surface area contributed by atoms with Crippen LogP contribution in [0.3, 0.4) is 0 Å². The van der Waals surface area contributed by atoms with E-state index in [0.717, 1.165) is 33.3 Å². The molecule has 0 saturated carbocycles. The highest BCUT2D eigenvalue weighted by Crippen LogP contribution is 2.41. The first-order chi connectivity index (χ1) is 17.0. The lowest BCUT2D eigenvalue weighted by atomic mass is 9.99. The van der Waals surface area contributed by atoms with E-state index in [2.05, 4.69) is 27.8 Å². The number of benzene rings is 3. The van der Waals surface area contributed by atoms with Gasteiger partial charge in [-0.1, -0.05) is 23.7 Å². The molecule has 0 bridgehead atoms. The first-order valence-electron chi connectivity index (χ1n) is 11.6. The Hall–Kier alpha value is -3.97. The van der Waals surface area contributed by atoms with Gasteiger partial charge in [0.1, 0.15) is 11.9 Å². The van der Waals surface area contributed by atoms with Crippen molar-refractivity contribution in [2.24, 2.45) is 0 Å². The van der Waals surface area contributed by atoms with Crippen molar-refractivity contribution >= 4 is 40.1 Å². The molecule has 1 fully saturated rings. The van der Waals surface area contributed by atoms with Crippen LogP contribution in [-0.4, -0.2) is 42.7 Å². The first-order valence-corrected chi connectivity index (χ1v) is 11.9. The molecule has 1 aromatic heterocycles. The molecule has 1 saturated heterocycles. The van der Waals surface area contributed by atoms with Crippen LogP contribution in [0.4, 0.5) is 10.5 Å². The van der Waals surface area contributed by atoms with E-state index in [1.165, 1.54) is 0 Å². The minimum absolute atomic E-state index is 0.148. The molecule has 6 rings (SSSR count). The zero-order valence-corrected chi connectivity index (χ0v) is 19.6. The van der Waals surface area contributed by atoms with E-state index in [4.69, 9.17) is 16.3 Å². The van der Waals surface area contributed by atoms with Crippen LogP contribution in [0.25, 0.3) is 22.0 Å². The predicted octanol–water partition coefficient (Wildman–Crippen LogP) is 4.75. The number of ether oxygens (including phenoxy) is 1. The molecule has 7 nitrogen and oxygen atoms in total. The van der Waals surface area contributed by atoms with Crippen molar-refractivity contribution in [1.82, 2.24) is 15.6 Å². The van der Waals surface area contributed by atoms with Crippen LogP contribution in [0, 0.1) is 0 Å². The number of carbonyl (C=O) groups excluding carboxylic acids is 2. The zero-order valence-electron chi connectivity index (χ0n) is 18.8. The van der Waals surface area contributed by atoms with Gasteiger partial charge < -0.3 is 20.4 Å². The van der Waals surface area contributed by atoms with Crippen LogP contribution < -0.4 is 20.3 Å². The molecule has 3 amide bonds. The number of H-pyrrole nitrogens is 1. The third kappa shape index (κ3) is 4.08. The Morgan fingerprint density at radius 2 is 2.06 bits per heavy atom. The van der Waals surface area contributed by atoms with Gasteiger partial charge in [0.05, 0.1) is 6.54 Å². The van der Waals surface area contributed by atoms with Gasteiger partial charge in [-0.2, -0.15) is 0 Å². The molecule has 3 heterocycles. The Morgan fingerprint density at radius 3 is 2.91 bits per heavy atom. The molecule has 1 atom stereocenters. The van der Waals surface area contributed by atoms with Gasteiger partial charge in [-0.05, 0) is 59.5 Å². The lowest BCUT2D eigenvalue weighted by Gasteiger charge is -2.16. The molecule has 35 heavy (non-hydrogen) atoms. The van der Waals surface area contributed by atoms with E-state index in [1.54, 1.807) is 23.1 Å². The van der Waals surface area contributed by atoms with Crippen molar-refractivity contribution in [3.63, 3.8) is 0 Å². The lowest BCUT2D eigenvalue weighted by molar-refractivity contribution is 0.0933. The van der Waals surface area contributed by atoms with E-state index >= 15 is 0 Å². The van der Waals surface area contributed by atoms with Crippen LogP contribution >= 0.6 is 11.6 Å². The number of carbonyl (C=O) groups is 2. The maximum atomic E-state index is 12.9. The number of hydrogen-bond acceptors (Lipinski definition) is 3. The molecule has 4 aromatic rings.